The number of hydrogen-bond donors (Lipinski definition) is 2. The molecule has 2 aliphatic rings. The van der Waals surface area contributed by atoms with Gasteiger partial charge >= 0.3 is 0 Å². The molecule has 0 unspecified atom stereocenters. The Morgan fingerprint density at radius 3 is 2.08 bits per heavy atom. The van der Waals surface area contributed by atoms with Gasteiger partial charge in [-0.1, -0.05) is 65.7 Å². The fourth-order valence-corrected chi connectivity index (χ4v) is 6.73. The molecule has 0 amide bonds. The molecule has 1 fully saturated rings. The number of benzene rings is 3. The Hall–Kier alpha value is -2.96. The number of primary sulfonamides is 1. The van der Waals surface area contributed by atoms with Crippen molar-refractivity contribution in [3.8, 4) is 0 Å². The molecule has 204 valence electrons. The average Bonchev–Trinajstić information content (AvgIpc) is 3.31. The average molecular weight is 607 g/mol. The zero-order chi connectivity index (χ0) is 27.8. The van der Waals surface area contributed by atoms with E-state index in [9.17, 15) is 16.8 Å². The fourth-order valence-electron chi connectivity index (χ4n) is 4.49. The van der Waals surface area contributed by atoms with Crippen LogP contribution in [0.5, 0.6) is 0 Å². The van der Waals surface area contributed by atoms with Crippen molar-refractivity contribution in [3.63, 3.8) is 0 Å². The molecule has 39 heavy (non-hydrogen) atoms. The quantitative estimate of drug-likeness (QED) is 0.324. The number of rotatable bonds is 6. The van der Waals surface area contributed by atoms with E-state index in [1.807, 2.05) is 42.5 Å². The summed E-state index contributed by atoms with van der Waals surface area (Å²) in [5.74, 6) is -0.205. The number of hydrogen-bond acceptors (Lipinski definition) is 6. The second-order valence-electron chi connectivity index (χ2n) is 9.39. The molecular formula is C26H25Cl2N5O4S2. The van der Waals surface area contributed by atoms with Crippen LogP contribution in [0.25, 0.3) is 0 Å². The molecule has 1 atom stereocenters. The highest BCUT2D eigenvalue weighted by Crippen LogP contribution is 2.32. The van der Waals surface area contributed by atoms with E-state index in [-0.39, 0.29) is 29.6 Å². The molecule has 0 saturated heterocycles. The highest BCUT2D eigenvalue weighted by atomic mass is 35.5. The predicted molar refractivity (Wildman–Crippen MR) is 153 cm³/mol. The molecule has 5 rings (SSSR count). The maximum Gasteiger partial charge on any atom is 0.264 e. The van der Waals surface area contributed by atoms with Crippen LogP contribution >= 0.6 is 23.2 Å². The Morgan fingerprint density at radius 1 is 0.897 bits per heavy atom. The van der Waals surface area contributed by atoms with Crippen LogP contribution in [0.2, 0.25) is 10.0 Å². The van der Waals surface area contributed by atoms with Gasteiger partial charge < -0.3 is 0 Å². The monoisotopic (exact) mass is 605 g/mol. The molecule has 9 nitrogen and oxygen atoms in total. The van der Waals surface area contributed by atoms with Gasteiger partial charge in [0.25, 0.3) is 10.0 Å². The van der Waals surface area contributed by atoms with E-state index < -0.39 is 31.3 Å². The SMILES string of the molecule is NS(=O)(=O)C1CC(/N=C(\NS(=O)(=O)c2ccc(Cl)cc2)N2C[C@H](c3ccccc3)C(c3ccc(Cl)cc3)=N2)C1. The number of hydrazone groups is 1. The van der Waals surface area contributed by atoms with Crippen LogP contribution in [-0.2, 0) is 20.0 Å². The molecule has 1 aliphatic carbocycles. The lowest BCUT2D eigenvalue weighted by Gasteiger charge is -2.32. The zero-order valence-corrected chi connectivity index (χ0v) is 23.6. The van der Waals surface area contributed by atoms with Gasteiger partial charge in [-0.2, -0.15) is 5.10 Å². The van der Waals surface area contributed by atoms with Crippen LogP contribution in [0.3, 0.4) is 0 Å². The normalized spacial score (nSPS) is 21.8. The highest BCUT2D eigenvalue weighted by Gasteiger charge is 2.39. The molecule has 3 aromatic rings. The van der Waals surface area contributed by atoms with Gasteiger partial charge in [0.2, 0.25) is 16.0 Å². The Bertz CT molecular complexity index is 1620. The van der Waals surface area contributed by atoms with Crippen LogP contribution in [-0.4, -0.2) is 51.4 Å². The minimum Gasteiger partial charge on any atom is -0.248 e. The third-order valence-corrected chi connectivity index (χ3v) is 9.85. The summed E-state index contributed by atoms with van der Waals surface area (Å²) in [6.07, 6.45) is 0.378. The molecule has 1 heterocycles. The van der Waals surface area contributed by atoms with Crippen LogP contribution < -0.4 is 9.86 Å². The van der Waals surface area contributed by atoms with Gasteiger partial charge in [0, 0.05) is 16.0 Å². The standard InChI is InChI=1S/C26H25Cl2N5O4S2/c27-19-8-6-18(7-9-19)25-24(17-4-2-1-3-5-17)16-33(31-25)26(30-21-14-23(15-21)38(29,34)35)32-39(36,37)22-12-10-20(28)11-13-22/h1-13,21,23-24H,14-16H2,(H,30,32)(H2,29,34,35)/t21?,23?,24-/m1/s1. The van der Waals surface area contributed by atoms with E-state index in [1.54, 1.807) is 12.1 Å². The number of sulfonamides is 2. The summed E-state index contributed by atoms with van der Waals surface area (Å²) >= 11 is 12.1. The summed E-state index contributed by atoms with van der Waals surface area (Å²) in [4.78, 5) is 4.60. The van der Waals surface area contributed by atoms with Gasteiger partial charge in [-0.25, -0.2) is 36.7 Å². The van der Waals surface area contributed by atoms with Crippen molar-refractivity contribution in [1.29, 1.82) is 0 Å². The lowest BCUT2D eigenvalue weighted by atomic mass is 9.91. The number of halogens is 2. The Labute approximate surface area is 237 Å². The number of guanidine groups is 1. The second kappa shape index (κ2) is 10.9. The molecule has 13 heteroatoms. The zero-order valence-electron chi connectivity index (χ0n) is 20.5. The van der Waals surface area contributed by atoms with Crippen molar-refractivity contribution >= 4 is 54.9 Å². The van der Waals surface area contributed by atoms with Gasteiger partial charge in [0.1, 0.15) is 0 Å². The van der Waals surface area contributed by atoms with Gasteiger partial charge in [-0.15, -0.1) is 0 Å². The maximum absolute atomic E-state index is 13.3. The minimum atomic E-state index is -4.07. The number of nitrogens with one attached hydrogen (secondary N) is 1. The van der Waals surface area contributed by atoms with Crippen LogP contribution in [0, 0.1) is 0 Å². The highest BCUT2D eigenvalue weighted by molar-refractivity contribution is 7.90. The van der Waals surface area contributed by atoms with E-state index in [2.05, 4.69) is 9.71 Å². The summed E-state index contributed by atoms with van der Waals surface area (Å²) in [5, 5.41) is 11.9. The Balaban J connectivity index is 1.53. The van der Waals surface area contributed by atoms with Crippen LogP contribution in [0.15, 0.2) is 93.9 Å². The lowest BCUT2D eigenvalue weighted by Crippen LogP contribution is -2.46. The second-order valence-corrected chi connectivity index (χ2v) is 13.8. The topological polar surface area (TPSA) is 134 Å². The summed E-state index contributed by atoms with van der Waals surface area (Å²) in [7, 11) is -7.77. The number of nitrogens with two attached hydrogens (primary N) is 1. The van der Waals surface area contributed by atoms with Crippen molar-refractivity contribution in [1.82, 2.24) is 9.73 Å². The first-order valence-electron chi connectivity index (χ1n) is 12.0. The van der Waals surface area contributed by atoms with Crippen molar-refractivity contribution in [2.45, 2.75) is 34.9 Å². The minimum absolute atomic E-state index is 0.00340. The maximum atomic E-state index is 13.3. The summed E-state index contributed by atoms with van der Waals surface area (Å²) in [6.45, 7) is 0.301. The van der Waals surface area contributed by atoms with E-state index in [4.69, 9.17) is 33.4 Å². The van der Waals surface area contributed by atoms with E-state index in [0.717, 1.165) is 11.1 Å². The van der Waals surface area contributed by atoms with E-state index in [0.29, 0.717) is 22.3 Å². The first-order chi connectivity index (χ1) is 18.5. The van der Waals surface area contributed by atoms with Crippen molar-refractivity contribution in [2.75, 3.05) is 6.54 Å². The number of aliphatic imine (C=N–C) groups is 1. The van der Waals surface area contributed by atoms with Gasteiger partial charge in [-0.05, 0) is 60.4 Å². The van der Waals surface area contributed by atoms with Gasteiger partial charge in [-0.3, -0.25) is 0 Å². The van der Waals surface area contributed by atoms with E-state index >= 15 is 0 Å². The Kier molecular flexibility index (Phi) is 7.71. The lowest BCUT2D eigenvalue weighted by molar-refractivity contribution is 0.395. The largest absolute Gasteiger partial charge is 0.264 e. The van der Waals surface area contributed by atoms with Crippen molar-refractivity contribution < 1.29 is 16.8 Å². The summed E-state index contributed by atoms with van der Waals surface area (Å²) in [5.41, 5.74) is 2.53. The third-order valence-electron chi connectivity index (χ3n) is 6.69. The number of nitrogens with zero attached hydrogens (tertiary/aromatic N) is 3. The summed E-state index contributed by atoms with van der Waals surface area (Å²) in [6, 6.07) is 22.3. The molecule has 0 bridgehead atoms. The summed E-state index contributed by atoms with van der Waals surface area (Å²) < 4.78 is 52.7. The van der Waals surface area contributed by atoms with Gasteiger partial charge in [0.05, 0.1) is 28.4 Å². The third kappa shape index (κ3) is 6.28. The molecule has 1 saturated carbocycles. The first kappa shape index (κ1) is 27.6. The molecule has 0 radical (unpaired) electrons. The smallest absolute Gasteiger partial charge is 0.248 e. The molecular weight excluding hydrogens is 581 g/mol. The molecule has 3 N–H and O–H groups in total. The molecule has 3 aromatic carbocycles. The van der Waals surface area contributed by atoms with Crippen molar-refractivity contribution in [2.24, 2.45) is 15.2 Å². The van der Waals surface area contributed by atoms with Crippen LogP contribution in [0.1, 0.15) is 29.9 Å². The van der Waals surface area contributed by atoms with E-state index in [1.165, 1.54) is 29.3 Å². The van der Waals surface area contributed by atoms with Crippen LogP contribution in [0.4, 0.5) is 0 Å². The molecule has 0 spiro atoms. The van der Waals surface area contributed by atoms with Gasteiger partial charge in [0.15, 0.2) is 0 Å². The molecule has 1 aliphatic heterocycles. The first-order valence-corrected chi connectivity index (χ1v) is 15.9. The van der Waals surface area contributed by atoms with Crippen molar-refractivity contribution in [3.05, 3.63) is 100 Å². The predicted octanol–water partition coefficient (Wildman–Crippen LogP) is 3.95. The Morgan fingerprint density at radius 2 is 1.49 bits per heavy atom. The molecule has 0 aromatic heterocycles. The fraction of sp³-hybridized carbons (Fsp3) is 0.231.